The predicted molar refractivity (Wildman–Crippen MR) is 96.5 cm³/mol. The molecule has 0 saturated heterocycles. The number of aromatic hydroxyl groups is 2. The lowest BCUT2D eigenvalue weighted by molar-refractivity contribution is -0.138. The van der Waals surface area contributed by atoms with E-state index in [9.17, 15) is 34.5 Å². The number of hydrogen-bond donors (Lipinski definition) is 5. The number of aliphatic carboxylic acids is 1. The number of carbonyl (C=O) groups is 3. The predicted octanol–water partition coefficient (Wildman–Crippen LogP) is 0.735. The van der Waals surface area contributed by atoms with Gasteiger partial charge in [-0.3, -0.25) is 9.59 Å². The number of nitrogens with one attached hydrogen (secondary N) is 2. The van der Waals surface area contributed by atoms with Crippen molar-refractivity contribution in [1.82, 2.24) is 10.6 Å². The van der Waals surface area contributed by atoms with E-state index in [2.05, 4.69) is 5.32 Å². The van der Waals surface area contributed by atoms with Gasteiger partial charge in [-0.1, -0.05) is 18.2 Å². The maximum Gasteiger partial charge on any atom is 0.333 e. The Kier molecular flexibility index (Phi) is 6.15. The van der Waals surface area contributed by atoms with Crippen LogP contribution in [0.4, 0.5) is 0 Å². The van der Waals surface area contributed by atoms with Gasteiger partial charge in [-0.05, 0) is 30.7 Å². The average Bonchev–Trinajstić information content (AvgIpc) is 2.63. The number of hydrogen-bond acceptors (Lipinski definition) is 6. The molecule has 9 heteroatoms. The monoisotopic (exact) mass is 384 g/mol. The Morgan fingerprint density at radius 2 is 1.61 bits per heavy atom. The Morgan fingerprint density at radius 1 is 1.00 bits per heavy atom. The summed E-state index contributed by atoms with van der Waals surface area (Å²) in [6.45, 7) is 1.65. The zero-order chi connectivity index (χ0) is 20.8. The van der Waals surface area contributed by atoms with Crippen LogP contribution in [0.2, 0.25) is 0 Å². The van der Waals surface area contributed by atoms with E-state index in [1.165, 1.54) is 12.0 Å². The van der Waals surface area contributed by atoms with E-state index in [4.69, 9.17) is 0 Å². The molecule has 0 unspecified atom stereocenters. The molecule has 5 N–H and O–H groups in total. The molecule has 2 aromatic rings. The van der Waals surface area contributed by atoms with Crippen molar-refractivity contribution in [3.8, 4) is 11.5 Å². The second-order valence-corrected chi connectivity index (χ2v) is 5.77. The minimum atomic E-state index is -1.88. The van der Waals surface area contributed by atoms with E-state index in [1.807, 2.05) is 5.32 Å². The van der Waals surface area contributed by atoms with Crippen molar-refractivity contribution in [2.75, 3.05) is 0 Å². The number of benzene rings is 2. The summed E-state index contributed by atoms with van der Waals surface area (Å²) in [5.41, 5.74) is -0.204. The van der Waals surface area contributed by atoms with Crippen molar-refractivity contribution < 1.29 is 34.5 Å². The molecule has 0 fully saturated rings. The van der Waals surface area contributed by atoms with E-state index in [1.54, 1.807) is 25.1 Å². The molecule has 2 amide bonds. The number of carboxylic acids is 1. The third kappa shape index (κ3) is 4.75. The molecular formula is C19H16N2O7. The van der Waals surface area contributed by atoms with Gasteiger partial charge in [-0.25, -0.2) is 9.59 Å². The highest BCUT2D eigenvalue weighted by Gasteiger charge is 2.28. The summed E-state index contributed by atoms with van der Waals surface area (Å²) in [6, 6.07) is 7.51. The fourth-order valence-corrected chi connectivity index (χ4v) is 2.37. The molecule has 0 aromatic heterocycles. The van der Waals surface area contributed by atoms with Crippen molar-refractivity contribution in [3.63, 3.8) is 0 Å². The minimum absolute atomic E-state index is 0.197. The van der Waals surface area contributed by atoms with Crippen molar-refractivity contribution in [2.45, 2.75) is 13.0 Å². The number of carbonyl (C=O) groups excluding carboxylic acids is 3. The van der Waals surface area contributed by atoms with Crippen molar-refractivity contribution in [1.29, 1.82) is 0 Å². The van der Waals surface area contributed by atoms with Gasteiger partial charge in [-0.2, -0.15) is 0 Å². The Balaban J connectivity index is 2.24. The third-order valence-electron chi connectivity index (χ3n) is 3.72. The fourth-order valence-electron chi connectivity index (χ4n) is 2.37. The summed E-state index contributed by atoms with van der Waals surface area (Å²) in [4.78, 5) is 47.3. The number of carboxylic acid groups (broad SMARTS) is 1. The van der Waals surface area contributed by atoms with Crippen LogP contribution in [-0.4, -0.2) is 45.1 Å². The summed E-state index contributed by atoms with van der Waals surface area (Å²) in [5, 5.41) is 32.4. The molecule has 28 heavy (non-hydrogen) atoms. The van der Waals surface area contributed by atoms with E-state index in [0.717, 1.165) is 18.2 Å². The van der Waals surface area contributed by atoms with Crippen LogP contribution in [0.5, 0.6) is 11.5 Å². The van der Waals surface area contributed by atoms with E-state index < -0.39 is 41.0 Å². The van der Waals surface area contributed by atoms with Crippen LogP contribution in [-0.2, 0) is 9.59 Å². The van der Waals surface area contributed by atoms with Crippen molar-refractivity contribution in [3.05, 3.63) is 64.9 Å². The first-order valence-electron chi connectivity index (χ1n) is 7.91. The van der Waals surface area contributed by atoms with Crippen LogP contribution < -0.4 is 10.6 Å². The second kappa shape index (κ2) is 8.52. The van der Waals surface area contributed by atoms with Gasteiger partial charge in [0.15, 0.2) is 6.04 Å². The number of phenolic OH excluding ortho intramolecular Hbond substituents is 2. The van der Waals surface area contributed by atoms with Crippen LogP contribution in [0.25, 0.3) is 0 Å². The number of phenols is 2. The number of amides is 2. The van der Waals surface area contributed by atoms with Gasteiger partial charge in [0.1, 0.15) is 23.1 Å². The topological polar surface area (TPSA) is 153 Å². The van der Waals surface area contributed by atoms with Gasteiger partial charge in [0.25, 0.3) is 11.8 Å². The Labute approximate surface area is 158 Å². The summed E-state index contributed by atoms with van der Waals surface area (Å²) < 4.78 is 0. The molecule has 0 aliphatic rings. The molecule has 0 aliphatic carbocycles. The molecule has 9 nitrogen and oxygen atoms in total. The molecule has 144 valence electrons. The summed E-state index contributed by atoms with van der Waals surface area (Å²) in [5.74, 6) is -2.87. The number of aryl methyl sites for hydroxylation is 1. The highest BCUT2D eigenvalue weighted by Crippen LogP contribution is 2.20. The summed E-state index contributed by atoms with van der Waals surface area (Å²) in [6.07, 6.45) is 0. The molecule has 1 atom stereocenters. The van der Waals surface area contributed by atoms with E-state index in [0.29, 0.717) is 5.56 Å². The maximum absolute atomic E-state index is 12.3. The smallest absolute Gasteiger partial charge is 0.333 e. The molecule has 0 radical (unpaired) electrons. The first-order chi connectivity index (χ1) is 13.2. The fraction of sp³-hybridized carbons (Fsp3) is 0.105. The van der Waals surface area contributed by atoms with Gasteiger partial charge < -0.3 is 26.0 Å². The first-order valence-corrected chi connectivity index (χ1v) is 7.91. The normalized spacial score (nSPS) is 11.0. The lowest BCUT2D eigenvalue weighted by Gasteiger charge is -2.17. The van der Waals surface area contributed by atoms with Gasteiger partial charge in [0.05, 0.1) is 0 Å². The van der Waals surface area contributed by atoms with Gasteiger partial charge in [-0.15, -0.1) is 0 Å². The molecule has 2 aromatic carbocycles. The second-order valence-electron chi connectivity index (χ2n) is 5.77. The maximum atomic E-state index is 12.3. The summed E-state index contributed by atoms with van der Waals surface area (Å²) in [7, 11) is 0. The van der Waals surface area contributed by atoms with Gasteiger partial charge in [0.2, 0.25) is 0 Å². The van der Waals surface area contributed by atoms with Crippen molar-refractivity contribution in [2.24, 2.45) is 0 Å². The molecule has 0 heterocycles. The van der Waals surface area contributed by atoms with Crippen LogP contribution in [0.15, 0.2) is 48.2 Å². The Bertz CT molecular complexity index is 973. The zero-order valence-electron chi connectivity index (χ0n) is 14.6. The standard InChI is InChI=1S/C19H16N2O7/c1-10-4-2-3-5-14(10)18(26)21-16(19(27)28)15(9-22)20-17(25)11-6-12(23)8-13(24)7-11/h2-8,16,23-24H,1H3,(H,20,25)(H,21,26)(H,27,28)/t16-/m0/s1. The van der Waals surface area contributed by atoms with Crippen LogP contribution in [0.1, 0.15) is 26.3 Å². The van der Waals surface area contributed by atoms with Crippen molar-refractivity contribution >= 4 is 23.7 Å². The lowest BCUT2D eigenvalue weighted by atomic mass is 10.1. The highest BCUT2D eigenvalue weighted by atomic mass is 16.4. The van der Waals surface area contributed by atoms with E-state index in [-0.39, 0.29) is 11.1 Å². The quantitative estimate of drug-likeness (QED) is 0.460. The zero-order valence-corrected chi connectivity index (χ0v) is 14.6. The highest BCUT2D eigenvalue weighted by molar-refractivity contribution is 6.01. The molecule has 0 saturated carbocycles. The lowest BCUT2D eigenvalue weighted by Crippen LogP contribution is -2.47. The minimum Gasteiger partial charge on any atom is -0.508 e. The molecule has 0 bridgehead atoms. The third-order valence-corrected chi connectivity index (χ3v) is 3.72. The SMILES string of the molecule is Cc1ccccc1C(=O)N[C@H](C(=O)O)C(=C=O)NC(=O)c1cc(O)cc(O)c1. The Hall–Kier alpha value is -4.10. The summed E-state index contributed by atoms with van der Waals surface area (Å²) >= 11 is 0. The van der Waals surface area contributed by atoms with Crippen LogP contribution in [0.3, 0.4) is 0 Å². The van der Waals surface area contributed by atoms with Crippen LogP contribution >= 0.6 is 0 Å². The van der Waals surface area contributed by atoms with Gasteiger partial charge in [0, 0.05) is 17.2 Å². The number of rotatable bonds is 6. The molecule has 2 rings (SSSR count). The first kappa shape index (κ1) is 20.2. The van der Waals surface area contributed by atoms with Crippen LogP contribution in [0, 0.1) is 6.92 Å². The van der Waals surface area contributed by atoms with E-state index >= 15 is 0 Å². The molecular weight excluding hydrogens is 368 g/mol. The molecule has 0 aliphatic heterocycles. The van der Waals surface area contributed by atoms with Gasteiger partial charge >= 0.3 is 5.97 Å². The average molecular weight is 384 g/mol. The molecule has 0 spiro atoms. The Morgan fingerprint density at radius 3 is 2.14 bits per heavy atom. The largest absolute Gasteiger partial charge is 0.508 e.